The molecule has 0 amide bonds. The molecule has 0 fully saturated rings. The summed E-state index contributed by atoms with van der Waals surface area (Å²) in [5.41, 5.74) is 9.61. The minimum Gasteiger partial charge on any atom is -0.307 e. The summed E-state index contributed by atoms with van der Waals surface area (Å²) >= 11 is 0. The van der Waals surface area contributed by atoms with E-state index in [0.717, 1.165) is 24.5 Å². The van der Waals surface area contributed by atoms with Gasteiger partial charge in [0.25, 0.3) is 0 Å². The van der Waals surface area contributed by atoms with Crippen LogP contribution in [0.15, 0.2) is 34.3 Å². The Morgan fingerprint density at radius 2 is 0.960 bits per heavy atom. The average molecular weight is 335 g/mol. The standard InChI is InChI=1S/C22H29N3/c1-15-11-17(3)21(18(4)12-15)24-9-7-23-8-10-25-22-19(5)13-16(2)14-20(22)6/h9-14,23H,7-8H2,1-6H3. The lowest BCUT2D eigenvalue weighted by atomic mass is 10.1. The van der Waals surface area contributed by atoms with Gasteiger partial charge in [-0.2, -0.15) is 0 Å². The van der Waals surface area contributed by atoms with Crippen molar-refractivity contribution in [3.63, 3.8) is 0 Å². The number of nitrogens with zero attached hydrogens (tertiary/aromatic N) is 2. The summed E-state index contributed by atoms with van der Waals surface area (Å²) in [6.45, 7) is 14.1. The number of rotatable bonds is 6. The van der Waals surface area contributed by atoms with Crippen molar-refractivity contribution >= 4 is 23.8 Å². The van der Waals surface area contributed by atoms with Gasteiger partial charge in [0.05, 0.1) is 11.4 Å². The van der Waals surface area contributed by atoms with Crippen molar-refractivity contribution in [1.82, 2.24) is 5.32 Å². The predicted octanol–water partition coefficient (Wildman–Crippen LogP) is 5.23. The molecule has 2 aromatic rings. The molecule has 0 aromatic heterocycles. The van der Waals surface area contributed by atoms with Crippen molar-refractivity contribution in [2.24, 2.45) is 9.98 Å². The van der Waals surface area contributed by atoms with Crippen molar-refractivity contribution in [2.45, 2.75) is 41.5 Å². The lowest BCUT2D eigenvalue weighted by Gasteiger charge is -2.07. The van der Waals surface area contributed by atoms with Gasteiger partial charge >= 0.3 is 0 Å². The highest BCUT2D eigenvalue weighted by atomic mass is 14.9. The lowest BCUT2D eigenvalue weighted by Crippen LogP contribution is -2.18. The summed E-state index contributed by atoms with van der Waals surface area (Å²) in [5.74, 6) is 0. The van der Waals surface area contributed by atoms with Crippen LogP contribution in [-0.4, -0.2) is 25.5 Å². The highest BCUT2D eigenvalue weighted by Gasteiger charge is 2.02. The number of hydrogen-bond acceptors (Lipinski definition) is 3. The molecule has 0 aliphatic heterocycles. The second-order valence-corrected chi connectivity index (χ2v) is 6.78. The van der Waals surface area contributed by atoms with Crippen LogP contribution in [0.25, 0.3) is 0 Å². The summed E-state index contributed by atoms with van der Waals surface area (Å²) in [6.07, 6.45) is 3.86. The van der Waals surface area contributed by atoms with Crippen LogP contribution in [-0.2, 0) is 0 Å². The maximum absolute atomic E-state index is 4.61. The Labute approximate surface area is 151 Å². The normalized spacial score (nSPS) is 11.8. The zero-order valence-corrected chi connectivity index (χ0v) is 16.3. The molecule has 3 heteroatoms. The molecule has 0 saturated carbocycles. The van der Waals surface area contributed by atoms with Crippen molar-refractivity contribution in [1.29, 1.82) is 0 Å². The van der Waals surface area contributed by atoms with Gasteiger partial charge in [-0.05, 0) is 63.8 Å². The number of aryl methyl sites for hydroxylation is 6. The van der Waals surface area contributed by atoms with Crippen molar-refractivity contribution < 1.29 is 0 Å². The van der Waals surface area contributed by atoms with Crippen LogP contribution < -0.4 is 5.32 Å². The van der Waals surface area contributed by atoms with Gasteiger partial charge in [-0.25, -0.2) is 0 Å². The molecule has 0 heterocycles. The molecule has 2 rings (SSSR count). The van der Waals surface area contributed by atoms with Gasteiger partial charge in [0.2, 0.25) is 0 Å². The molecule has 132 valence electrons. The van der Waals surface area contributed by atoms with Gasteiger partial charge < -0.3 is 5.32 Å². The van der Waals surface area contributed by atoms with E-state index in [4.69, 9.17) is 0 Å². The minimum absolute atomic E-state index is 0.727. The van der Waals surface area contributed by atoms with Crippen molar-refractivity contribution in [3.05, 3.63) is 57.6 Å². The van der Waals surface area contributed by atoms with Crippen molar-refractivity contribution in [2.75, 3.05) is 13.1 Å². The molecule has 0 radical (unpaired) electrons. The average Bonchev–Trinajstić information content (AvgIpc) is 2.50. The molecule has 1 N–H and O–H groups in total. The van der Waals surface area contributed by atoms with Gasteiger partial charge in [-0.3, -0.25) is 9.98 Å². The van der Waals surface area contributed by atoms with E-state index in [0.29, 0.717) is 0 Å². The van der Waals surface area contributed by atoms with Gasteiger partial charge in [0.15, 0.2) is 0 Å². The van der Waals surface area contributed by atoms with Crippen LogP contribution in [0.5, 0.6) is 0 Å². The van der Waals surface area contributed by atoms with Gasteiger partial charge in [0, 0.05) is 25.5 Å². The monoisotopic (exact) mass is 335 g/mol. The molecule has 0 aliphatic rings. The zero-order valence-electron chi connectivity index (χ0n) is 16.3. The Morgan fingerprint density at radius 1 is 0.640 bits per heavy atom. The summed E-state index contributed by atoms with van der Waals surface area (Å²) in [6, 6.07) is 8.69. The number of aliphatic imine (C=N–C) groups is 2. The van der Waals surface area contributed by atoms with Crippen LogP contribution in [0, 0.1) is 41.5 Å². The third-order valence-electron chi connectivity index (χ3n) is 4.18. The Bertz CT molecular complexity index is 687. The van der Waals surface area contributed by atoms with E-state index in [1.165, 1.54) is 33.4 Å². The first-order chi connectivity index (χ1) is 11.9. The summed E-state index contributed by atoms with van der Waals surface area (Å²) in [5, 5.41) is 3.33. The molecule has 0 bridgehead atoms. The summed E-state index contributed by atoms with van der Waals surface area (Å²) < 4.78 is 0. The number of nitrogens with one attached hydrogen (secondary N) is 1. The van der Waals surface area contributed by atoms with E-state index in [9.17, 15) is 0 Å². The van der Waals surface area contributed by atoms with Crippen LogP contribution in [0.2, 0.25) is 0 Å². The molecular formula is C22H29N3. The second kappa shape index (κ2) is 8.72. The number of benzene rings is 2. The Kier molecular flexibility index (Phi) is 6.65. The largest absolute Gasteiger partial charge is 0.307 e. The molecule has 0 spiro atoms. The zero-order chi connectivity index (χ0) is 18.4. The molecule has 0 atom stereocenters. The van der Waals surface area contributed by atoms with Crippen molar-refractivity contribution in [3.8, 4) is 0 Å². The fourth-order valence-corrected chi connectivity index (χ4v) is 3.24. The van der Waals surface area contributed by atoms with Crippen LogP contribution in [0.3, 0.4) is 0 Å². The highest BCUT2D eigenvalue weighted by Crippen LogP contribution is 2.25. The third-order valence-corrected chi connectivity index (χ3v) is 4.18. The van der Waals surface area contributed by atoms with Gasteiger partial charge in [-0.1, -0.05) is 35.4 Å². The van der Waals surface area contributed by atoms with Gasteiger partial charge in [0.1, 0.15) is 0 Å². The summed E-state index contributed by atoms with van der Waals surface area (Å²) in [7, 11) is 0. The highest BCUT2D eigenvalue weighted by molar-refractivity contribution is 5.71. The second-order valence-electron chi connectivity index (χ2n) is 6.78. The van der Waals surface area contributed by atoms with Gasteiger partial charge in [-0.15, -0.1) is 0 Å². The van der Waals surface area contributed by atoms with Crippen LogP contribution in [0.1, 0.15) is 33.4 Å². The molecule has 25 heavy (non-hydrogen) atoms. The molecule has 3 nitrogen and oxygen atoms in total. The van der Waals surface area contributed by atoms with E-state index < -0.39 is 0 Å². The molecule has 0 aliphatic carbocycles. The van der Waals surface area contributed by atoms with E-state index in [2.05, 4.69) is 81.1 Å². The fourth-order valence-electron chi connectivity index (χ4n) is 3.24. The summed E-state index contributed by atoms with van der Waals surface area (Å²) in [4.78, 5) is 9.22. The fraction of sp³-hybridized carbons (Fsp3) is 0.364. The topological polar surface area (TPSA) is 36.8 Å². The Hall–Kier alpha value is -2.26. The number of hydrogen-bond donors (Lipinski definition) is 1. The molecular weight excluding hydrogens is 306 g/mol. The maximum Gasteiger partial charge on any atom is 0.0684 e. The molecule has 2 aromatic carbocycles. The first kappa shape index (κ1) is 19.1. The first-order valence-corrected chi connectivity index (χ1v) is 8.80. The minimum atomic E-state index is 0.727. The maximum atomic E-state index is 4.61. The third kappa shape index (κ3) is 5.36. The Morgan fingerprint density at radius 3 is 1.28 bits per heavy atom. The predicted molar refractivity (Wildman–Crippen MR) is 110 cm³/mol. The van der Waals surface area contributed by atoms with Crippen LogP contribution in [0.4, 0.5) is 11.4 Å². The smallest absolute Gasteiger partial charge is 0.0684 e. The molecule has 0 unspecified atom stereocenters. The van der Waals surface area contributed by atoms with E-state index in [1.54, 1.807) is 0 Å². The van der Waals surface area contributed by atoms with Crippen LogP contribution >= 0.6 is 0 Å². The first-order valence-electron chi connectivity index (χ1n) is 8.80. The SMILES string of the molecule is Cc1cc(C)c(N=CCNCC=Nc2c(C)cc(C)cc2C)c(C)c1. The van der Waals surface area contributed by atoms with E-state index in [1.807, 2.05) is 12.4 Å². The quantitative estimate of drug-likeness (QED) is 0.569. The van der Waals surface area contributed by atoms with E-state index in [-0.39, 0.29) is 0 Å². The lowest BCUT2D eigenvalue weighted by molar-refractivity contribution is 0.904. The van der Waals surface area contributed by atoms with E-state index >= 15 is 0 Å². The molecule has 0 saturated heterocycles. The Balaban J connectivity index is 1.86.